The van der Waals surface area contributed by atoms with Crippen molar-refractivity contribution in [3.05, 3.63) is 62.2 Å². The first kappa shape index (κ1) is 12.7. The first-order valence-electron chi connectivity index (χ1n) is 5.39. The molecular formula is C14H13ClIN. The van der Waals surface area contributed by atoms with E-state index < -0.39 is 0 Å². The van der Waals surface area contributed by atoms with Gasteiger partial charge in [-0.3, -0.25) is 0 Å². The van der Waals surface area contributed by atoms with Crippen molar-refractivity contribution in [1.29, 1.82) is 0 Å². The van der Waals surface area contributed by atoms with E-state index in [9.17, 15) is 0 Å². The molecule has 0 unspecified atom stereocenters. The molecule has 0 aromatic heterocycles. The Morgan fingerprint density at radius 2 is 1.82 bits per heavy atom. The molecule has 0 saturated heterocycles. The van der Waals surface area contributed by atoms with Gasteiger partial charge in [-0.15, -0.1) is 0 Å². The highest BCUT2D eigenvalue weighted by atomic mass is 127. The van der Waals surface area contributed by atoms with Crippen molar-refractivity contribution < 1.29 is 0 Å². The van der Waals surface area contributed by atoms with Gasteiger partial charge in [-0.1, -0.05) is 41.4 Å². The predicted molar refractivity (Wildman–Crippen MR) is 82.7 cm³/mol. The molecule has 3 heteroatoms. The first-order chi connectivity index (χ1) is 8.15. The van der Waals surface area contributed by atoms with Crippen LogP contribution in [-0.4, -0.2) is 0 Å². The van der Waals surface area contributed by atoms with E-state index in [0.29, 0.717) is 0 Å². The molecule has 88 valence electrons. The Bertz CT molecular complexity index is 508. The maximum absolute atomic E-state index is 6.15. The van der Waals surface area contributed by atoms with Gasteiger partial charge in [-0.25, -0.2) is 0 Å². The van der Waals surface area contributed by atoms with Gasteiger partial charge in [0.1, 0.15) is 0 Å². The molecule has 0 aliphatic heterocycles. The van der Waals surface area contributed by atoms with Crippen molar-refractivity contribution in [1.82, 2.24) is 0 Å². The van der Waals surface area contributed by atoms with E-state index in [2.05, 4.69) is 59.1 Å². The predicted octanol–water partition coefficient (Wildman–Crippen LogP) is 4.87. The number of aryl methyl sites for hydroxylation is 1. The molecule has 0 fully saturated rings. The van der Waals surface area contributed by atoms with Crippen LogP contribution >= 0.6 is 34.2 Å². The van der Waals surface area contributed by atoms with Crippen molar-refractivity contribution in [3.8, 4) is 0 Å². The monoisotopic (exact) mass is 357 g/mol. The van der Waals surface area contributed by atoms with Crippen LogP contribution in [0.25, 0.3) is 0 Å². The van der Waals surface area contributed by atoms with Crippen LogP contribution < -0.4 is 5.32 Å². The number of hydrogen-bond donors (Lipinski definition) is 1. The van der Waals surface area contributed by atoms with Crippen LogP contribution in [0.2, 0.25) is 5.02 Å². The van der Waals surface area contributed by atoms with Crippen molar-refractivity contribution >= 4 is 39.9 Å². The molecule has 0 amide bonds. The average Bonchev–Trinajstić information content (AvgIpc) is 2.30. The highest BCUT2D eigenvalue weighted by Crippen LogP contribution is 2.24. The van der Waals surface area contributed by atoms with Crippen LogP contribution in [0.15, 0.2) is 42.5 Å². The van der Waals surface area contributed by atoms with Crippen molar-refractivity contribution in [2.75, 3.05) is 5.32 Å². The lowest BCUT2D eigenvalue weighted by Crippen LogP contribution is -1.99. The summed E-state index contributed by atoms with van der Waals surface area (Å²) in [5, 5.41) is 4.11. The Morgan fingerprint density at radius 3 is 2.47 bits per heavy atom. The SMILES string of the molecule is Cc1ccc(CNc2ccc(I)cc2Cl)cc1. The topological polar surface area (TPSA) is 12.0 Å². The standard InChI is InChI=1S/C14H13ClIN/c1-10-2-4-11(5-3-10)9-17-14-7-6-12(16)8-13(14)15/h2-8,17H,9H2,1H3. The second-order valence-electron chi connectivity index (χ2n) is 3.96. The van der Waals surface area contributed by atoms with Gasteiger partial charge in [0.2, 0.25) is 0 Å². The van der Waals surface area contributed by atoms with Gasteiger partial charge < -0.3 is 5.32 Å². The van der Waals surface area contributed by atoms with E-state index in [1.54, 1.807) is 0 Å². The van der Waals surface area contributed by atoms with E-state index in [0.717, 1.165) is 20.8 Å². The fourth-order valence-corrected chi connectivity index (χ4v) is 2.46. The summed E-state index contributed by atoms with van der Waals surface area (Å²) in [6.45, 7) is 2.88. The van der Waals surface area contributed by atoms with Gasteiger partial charge in [0.15, 0.2) is 0 Å². The molecule has 0 bridgehead atoms. The van der Waals surface area contributed by atoms with Crippen LogP contribution in [0.3, 0.4) is 0 Å². The van der Waals surface area contributed by atoms with Gasteiger partial charge in [-0.2, -0.15) is 0 Å². The molecule has 0 spiro atoms. The first-order valence-corrected chi connectivity index (χ1v) is 6.85. The zero-order chi connectivity index (χ0) is 12.3. The third kappa shape index (κ3) is 3.61. The maximum Gasteiger partial charge on any atom is 0.0648 e. The quantitative estimate of drug-likeness (QED) is 0.773. The zero-order valence-corrected chi connectivity index (χ0v) is 12.4. The molecule has 2 aromatic carbocycles. The summed E-state index contributed by atoms with van der Waals surface area (Å²) in [5.74, 6) is 0. The van der Waals surface area contributed by atoms with Gasteiger partial charge in [-0.05, 0) is 53.3 Å². The van der Waals surface area contributed by atoms with Gasteiger partial charge in [0, 0.05) is 10.1 Å². The minimum atomic E-state index is 0.768. The zero-order valence-electron chi connectivity index (χ0n) is 9.50. The molecule has 2 aromatic rings. The van der Waals surface area contributed by atoms with Crippen LogP contribution in [0.5, 0.6) is 0 Å². The highest BCUT2D eigenvalue weighted by Gasteiger charge is 2.00. The number of nitrogens with one attached hydrogen (secondary N) is 1. The molecule has 1 nitrogen and oxygen atoms in total. The fourth-order valence-electron chi connectivity index (χ4n) is 1.54. The summed E-state index contributed by atoms with van der Waals surface area (Å²) in [4.78, 5) is 0. The Labute approximate surface area is 120 Å². The third-order valence-electron chi connectivity index (χ3n) is 2.53. The molecular weight excluding hydrogens is 345 g/mol. The molecule has 0 saturated carbocycles. The number of benzene rings is 2. The molecule has 0 atom stereocenters. The molecule has 2 rings (SSSR count). The summed E-state index contributed by atoms with van der Waals surface area (Å²) < 4.78 is 1.15. The summed E-state index contributed by atoms with van der Waals surface area (Å²) in [6, 6.07) is 14.5. The average molecular weight is 358 g/mol. The van der Waals surface area contributed by atoms with Crippen LogP contribution in [0.4, 0.5) is 5.69 Å². The minimum Gasteiger partial charge on any atom is -0.380 e. The number of hydrogen-bond acceptors (Lipinski definition) is 1. The van der Waals surface area contributed by atoms with Gasteiger partial charge in [0.25, 0.3) is 0 Å². The second-order valence-corrected chi connectivity index (χ2v) is 5.62. The lowest BCUT2D eigenvalue weighted by Gasteiger charge is -2.09. The van der Waals surface area contributed by atoms with E-state index in [4.69, 9.17) is 11.6 Å². The van der Waals surface area contributed by atoms with E-state index in [1.807, 2.05) is 18.2 Å². The second kappa shape index (κ2) is 5.74. The van der Waals surface area contributed by atoms with E-state index >= 15 is 0 Å². The maximum atomic E-state index is 6.15. The van der Waals surface area contributed by atoms with Crippen molar-refractivity contribution in [2.24, 2.45) is 0 Å². The summed E-state index contributed by atoms with van der Waals surface area (Å²) in [5.41, 5.74) is 3.51. The largest absolute Gasteiger partial charge is 0.380 e. The van der Waals surface area contributed by atoms with Crippen molar-refractivity contribution in [2.45, 2.75) is 13.5 Å². The minimum absolute atomic E-state index is 0.768. The normalized spacial score (nSPS) is 10.3. The van der Waals surface area contributed by atoms with E-state index in [-0.39, 0.29) is 0 Å². The van der Waals surface area contributed by atoms with Crippen LogP contribution in [0.1, 0.15) is 11.1 Å². The summed E-state index contributed by atoms with van der Waals surface area (Å²) in [6.07, 6.45) is 0. The summed E-state index contributed by atoms with van der Waals surface area (Å²) >= 11 is 8.41. The highest BCUT2D eigenvalue weighted by molar-refractivity contribution is 14.1. The Kier molecular flexibility index (Phi) is 4.29. The molecule has 17 heavy (non-hydrogen) atoms. The number of halogens is 2. The summed E-state index contributed by atoms with van der Waals surface area (Å²) in [7, 11) is 0. The number of anilines is 1. The molecule has 1 N–H and O–H groups in total. The lowest BCUT2D eigenvalue weighted by atomic mass is 10.1. The van der Waals surface area contributed by atoms with Gasteiger partial charge in [0.05, 0.1) is 10.7 Å². The molecule has 0 heterocycles. The third-order valence-corrected chi connectivity index (χ3v) is 3.52. The smallest absolute Gasteiger partial charge is 0.0648 e. The lowest BCUT2D eigenvalue weighted by molar-refractivity contribution is 1.14. The molecule has 0 aliphatic rings. The Balaban J connectivity index is 2.04. The van der Waals surface area contributed by atoms with Crippen molar-refractivity contribution in [3.63, 3.8) is 0 Å². The number of rotatable bonds is 3. The Morgan fingerprint density at radius 1 is 1.12 bits per heavy atom. The van der Waals surface area contributed by atoms with Crippen LogP contribution in [-0.2, 0) is 6.54 Å². The van der Waals surface area contributed by atoms with Crippen LogP contribution in [0, 0.1) is 10.5 Å². The molecule has 0 aliphatic carbocycles. The Hall–Kier alpha value is -0.740. The molecule has 0 radical (unpaired) electrons. The van der Waals surface area contributed by atoms with Gasteiger partial charge >= 0.3 is 0 Å². The fraction of sp³-hybridized carbons (Fsp3) is 0.143. The van der Waals surface area contributed by atoms with E-state index in [1.165, 1.54) is 11.1 Å².